The van der Waals surface area contributed by atoms with Gasteiger partial charge >= 0.3 is 10.6 Å². The van der Waals surface area contributed by atoms with Crippen LogP contribution in [0.4, 0.5) is 73.1 Å². The van der Waals surface area contributed by atoms with Gasteiger partial charge in [-0.25, -0.2) is 4.85 Å². The number of nitrogens with zero attached hydrogens (tertiary/aromatic N) is 11. The van der Waals surface area contributed by atoms with E-state index in [1.807, 2.05) is 69.0 Å². The Kier molecular flexibility index (Phi) is 25.9. The fourth-order valence-electron chi connectivity index (χ4n) is 9.05. The molecule has 494 valence electrons. The fraction of sp³-hybridized carbons (Fsp3) is 0.203. The highest BCUT2D eigenvalue weighted by molar-refractivity contribution is 7.98. The average molecular weight is 1390 g/mol. The van der Waals surface area contributed by atoms with Gasteiger partial charge < -0.3 is 40.5 Å². The number of hydrogen-bond donors (Lipinski definition) is 5. The number of azo groups is 2. The Hall–Kier alpha value is -10.9. The van der Waals surface area contributed by atoms with Gasteiger partial charge in [0, 0.05) is 60.3 Å². The maximum absolute atomic E-state index is 13.5. The van der Waals surface area contributed by atoms with Gasteiger partial charge in [0.05, 0.1) is 59.6 Å². The monoisotopic (exact) mass is 1390 g/mol. The number of thiophene rings is 2. The van der Waals surface area contributed by atoms with Crippen LogP contribution in [0, 0.1) is 17.9 Å². The second kappa shape index (κ2) is 34.3. The van der Waals surface area contributed by atoms with Crippen molar-refractivity contribution < 1.29 is 54.2 Å². The molecule has 0 saturated heterocycles. The van der Waals surface area contributed by atoms with Crippen LogP contribution in [0.5, 0.6) is 11.5 Å². The van der Waals surface area contributed by atoms with Gasteiger partial charge in [-0.1, -0.05) is 78.5 Å². The van der Waals surface area contributed by atoms with Crippen LogP contribution in [-0.2, 0) is 45.7 Å². The largest absolute Gasteiger partial charge is 0.494 e. The van der Waals surface area contributed by atoms with Crippen molar-refractivity contribution in [3.05, 3.63) is 165 Å². The number of carbonyl (C=O) groups excluding carboxylic acids is 4. The van der Waals surface area contributed by atoms with E-state index in [0.717, 1.165) is 29.9 Å². The van der Waals surface area contributed by atoms with Crippen molar-refractivity contribution in [2.75, 3.05) is 71.5 Å². The van der Waals surface area contributed by atoms with Crippen molar-refractivity contribution in [3.8, 4) is 17.6 Å². The molecule has 27 nitrogen and oxygen atoms in total. The van der Waals surface area contributed by atoms with Crippen LogP contribution in [0.25, 0.3) is 17.0 Å². The maximum Gasteiger partial charge on any atom is 0.425 e. The van der Waals surface area contributed by atoms with Crippen molar-refractivity contribution in [1.82, 2.24) is 15.0 Å². The van der Waals surface area contributed by atoms with E-state index in [1.165, 1.54) is 45.0 Å². The molecule has 3 heterocycles. The Morgan fingerprint density at radius 3 is 1.54 bits per heavy atom. The molecule has 5 aromatic carbocycles. The molecule has 5 N–H and O–H groups in total. The predicted molar refractivity (Wildman–Crippen MR) is 370 cm³/mol. The molecule has 32 heteroatoms. The summed E-state index contributed by atoms with van der Waals surface area (Å²) in [4.78, 5) is 74.2. The number of aromatic nitrogens is 3. The number of ether oxygens (including phenoxy) is 2. The lowest BCUT2D eigenvalue weighted by molar-refractivity contribution is -0.120. The van der Waals surface area contributed by atoms with Crippen molar-refractivity contribution in [1.29, 1.82) is 5.26 Å². The number of benzene rings is 5. The van der Waals surface area contributed by atoms with Crippen molar-refractivity contribution in [3.63, 3.8) is 0 Å². The molecule has 0 fully saturated rings. The zero-order valence-corrected chi connectivity index (χ0v) is 56.7. The normalized spacial score (nSPS) is 11.4. The first-order valence-corrected chi connectivity index (χ1v) is 33.9. The summed E-state index contributed by atoms with van der Waals surface area (Å²) in [5, 5.41) is 40.8. The number of methoxy groups -OCH3 is 2. The molecule has 0 unspecified atom stereocenters. The third-order valence-corrected chi connectivity index (χ3v) is 17.5. The first-order chi connectivity index (χ1) is 46.0. The van der Waals surface area contributed by atoms with Gasteiger partial charge in [0.25, 0.3) is 21.9 Å². The number of carbonyl (C=O) groups is 4. The molecule has 3 aromatic heterocycles. The predicted octanol–water partition coefficient (Wildman–Crippen LogP) is 14.2. The van der Waals surface area contributed by atoms with Crippen molar-refractivity contribution in [2.45, 2.75) is 57.3 Å². The van der Waals surface area contributed by atoms with Crippen LogP contribution in [0.2, 0.25) is 0 Å². The molecule has 0 atom stereocenters. The van der Waals surface area contributed by atoms with Crippen LogP contribution in [0.3, 0.4) is 0 Å². The third-order valence-electron chi connectivity index (χ3n) is 13.6. The number of hydrogen-bond acceptors (Lipinski definition) is 26. The van der Waals surface area contributed by atoms with Crippen LogP contribution >= 0.6 is 34.4 Å². The van der Waals surface area contributed by atoms with Gasteiger partial charge in [-0.05, 0) is 102 Å². The number of amides is 2. The number of ketones is 2. The van der Waals surface area contributed by atoms with Crippen LogP contribution < -0.4 is 40.5 Å². The molecule has 0 saturated carbocycles. The number of rotatable bonds is 28. The van der Waals surface area contributed by atoms with Gasteiger partial charge in [0.2, 0.25) is 17.6 Å². The highest BCUT2D eigenvalue weighted by Gasteiger charge is 2.29. The molecule has 0 aliphatic rings. The van der Waals surface area contributed by atoms with Gasteiger partial charge in [-0.15, -0.1) is 50.6 Å². The van der Waals surface area contributed by atoms with E-state index in [1.54, 1.807) is 84.9 Å². The van der Waals surface area contributed by atoms with Gasteiger partial charge in [0.15, 0.2) is 21.7 Å². The molecular weight excluding hydrogens is 1330 g/mol. The zero-order valence-electron chi connectivity index (χ0n) is 52.6. The fourth-order valence-corrected chi connectivity index (χ4v) is 12.8. The number of Topliss-reactive ketones (excluding diaryl/α,β-unsaturated/α-hetero) is 2. The second-order valence-corrected chi connectivity index (χ2v) is 24.5. The van der Waals surface area contributed by atoms with E-state index < -0.39 is 60.1 Å². The van der Waals surface area contributed by atoms with Crippen molar-refractivity contribution >= 4 is 164 Å². The summed E-state index contributed by atoms with van der Waals surface area (Å²) in [5.41, 5.74) is 2.90. The summed E-state index contributed by atoms with van der Waals surface area (Å²) in [7, 11) is -5.31. The highest BCUT2D eigenvalue weighted by atomic mass is 32.2. The summed E-state index contributed by atoms with van der Waals surface area (Å²) >= 11 is 2.95. The number of thioether (sulfide) groups is 1. The first kappa shape index (κ1) is 72.6. The maximum atomic E-state index is 13.5. The van der Waals surface area contributed by atoms with E-state index in [9.17, 15) is 37.4 Å². The Morgan fingerprint density at radius 1 is 0.677 bits per heavy atom. The number of nitriles is 1. The van der Waals surface area contributed by atoms with E-state index in [4.69, 9.17) is 43.6 Å². The minimum Gasteiger partial charge on any atom is -0.494 e. The van der Waals surface area contributed by atoms with E-state index >= 15 is 0 Å². The summed E-state index contributed by atoms with van der Waals surface area (Å²) in [5.74, 6) is -1.47. The molecule has 96 heavy (non-hydrogen) atoms. The Bertz CT molecular complexity index is 4640. The molecule has 2 amide bonds. The molecule has 0 radical (unpaired) electrons. The van der Waals surface area contributed by atoms with Gasteiger partial charge in [0.1, 0.15) is 44.4 Å². The number of nitrogens with one attached hydrogen (secondary N) is 4. The van der Waals surface area contributed by atoms with E-state index in [0.29, 0.717) is 88.1 Å². The first-order valence-electron chi connectivity index (χ1n) is 28.8. The minimum absolute atomic E-state index is 0.00505. The highest BCUT2D eigenvalue weighted by Crippen LogP contribution is 2.46. The quantitative estimate of drug-likeness (QED) is 0.00578. The molecule has 0 aliphatic carbocycles. The Balaban J connectivity index is 0.00000316. The van der Waals surface area contributed by atoms with Gasteiger partial charge in [-0.3, -0.25) is 23.7 Å². The molecule has 8 rings (SSSR count). The summed E-state index contributed by atoms with van der Waals surface area (Å²) in [6.07, 6.45) is 2.38. The SMILES string of the molecule is O=S(=O)=O.[C-]#[N+]c1cc(/C=C(\C(C)=O)C(=O)Nc2ccccc2)sc1N=Nc1cc(OC)c(N(CC)CC)cc1Nc1nc(Nc2cc(N(CC)CC)c(OC)cc2N=Nc2sc(/C=C(/C(C)=O)C(=O)Nc3ccccc3)c(S(=O)(=O)O)c2C#N)nc(SCc2ccccc2)n1. The van der Waals surface area contributed by atoms with Crippen LogP contribution in [-0.4, -0.2) is 104 Å². The Morgan fingerprint density at radius 2 is 1.12 bits per heavy atom. The summed E-state index contributed by atoms with van der Waals surface area (Å²) in [6.45, 7) is 20.6. The standard InChI is InChI=1S/C64H61N15O9S4.O3S/c1-10-78(11-2)52-32-47(49(34-54(52)87-8)74-76-60-46(36-65)57(92(84,85)86)56(91-60)31-45(39(6)81)59(83)68-42-27-21-16-22-28-42)69-62-71-63(73-64(72-62)89-37-40-23-17-14-18-24-40)70-48-33-53(79(12-3)13-4)55(88-9)35-50(48)75-77-61-51(66-7)30-43(90-61)29-44(38(5)80)58(82)67-41-25-19-15-20-26-41;1-4(2)3/h14-35H,10-13,37H2,1-6,8-9H3,(H,67,82)(H,68,83)(H,84,85,86)(H2,69,70,71,72,73);/b44-29+,45-31-,76-74?,77-75?;. The molecule has 8 aromatic rings. The molecular formula is C64H61N15O12S5. The third kappa shape index (κ3) is 19.4. The van der Waals surface area contributed by atoms with Gasteiger partial charge in [-0.2, -0.15) is 33.7 Å². The van der Waals surface area contributed by atoms with E-state index in [2.05, 4.69) is 51.5 Å². The lowest BCUT2D eigenvalue weighted by Gasteiger charge is -2.25. The lowest BCUT2D eigenvalue weighted by atomic mass is 10.1. The topological polar surface area (TPSA) is 363 Å². The number of para-hydroxylation sites is 2. The number of anilines is 8. The Labute approximate surface area is 566 Å². The minimum atomic E-state index is -5.20. The molecule has 0 aliphatic heterocycles. The van der Waals surface area contributed by atoms with Crippen LogP contribution in [0.15, 0.2) is 163 Å². The van der Waals surface area contributed by atoms with Crippen LogP contribution in [0.1, 0.15) is 62.4 Å². The van der Waals surface area contributed by atoms with E-state index in [-0.39, 0.29) is 60.3 Å². The average Bonchev–Trinajstić information content (AvgIpc) is 1.56. The van der Waals surface area contributed by atoms with Crippen molar-refractivity contribution in [2.24, 2.45) is 20.5 Å². The lowest BCUT2D eigenvalue weighted by Crippen LogP contribution is -2.22. The smallest absolute Gasteiger partial charge is 0.425 e. The summed E-state index contributed by atoms with van der Waals surface area (Å²) in [6, 6.07) is 36.7. The summed E-state index contributed by atoms with van der Waals surface area (Å²) < 4.78 is 73.9. The zero-order chi connectivity index (χ0) is 69.6. The second-order valence-electron chi connectivity index (χ2n) is 19.7. The molecule has 0 spiro atoms. The molecule has 0 bridgehead atoms.